The molecule has 28 heavy (non-hydrogen) atoms. The number of morpholine rings is 1. The van der Waals surface area contributed by atoms with Crippen molar-refractivity contribution in [3.63, 3.8) is 0 Å². The van der Waals surface area contributed by atoms with Gasteiger partial charge in [0.15, 0.2) is 0 Å². The highest BCUT2D eigenvalue weighted by molar-refractivity contribution is 7.21. The van der Waals surface area contributed by atoms with E-state index in [0.717, 1.165) is 54.9 Å². The summed E-state index contributed by atoms with van der Waals surface area (Å²) >= 11 is 7.44. The first-order valence-electron chi connectivity index (χ1n) is 9.34. The molecule has 0 atom stereocenters. The summed E-state index contributed by atoms with van der Waals surface area (Å²) in [5.41, 5.74) is 0.650. The van der Waals surface area contributed by atoms with Gasteiger partial charge in [-0.1, -0.05) is 11.6 Å². The predicted octanol–water partition coefficient (Wildman–Crippen LogP) is 2.86. The van der Waals surface area contributed by atoms with Gasteiger partial charge in [-0.2, -0.15) is 0 Å². The molecule has 4 rings (SSSR count). The van der Waals surface area contributed by atoms with Gasteiger partial charge in [0.2, 0.25) is 0 Å². The Hall–Kier alpha value is -1.93. The van der Waals surface area contributed by atoms with Crippen LogP contribution in [0.2, 0.25) is 5.02 Å². The Bertz CT molecular complexity index is 1090. The zero-order valence-corrected chi connectivity index (χ0v) is 17.2. The van der Waals surface area contributed by atoms with Crippen LogP contribution in [0.15, 0.2) is 29.1 Å². The zero-order valence-electron chi connectivity index (χ0n) is 15.7. The number of hydrogen-bond donors (Lipinski definition) is 1. The van der Waals surface area contributed by atoms with Gasteiger partial charge in [-0.15, -0.1) is 11.3 Å². The number of benzene rings is 1. The normalized spacial score (nSPS) is 15.4. The van der Waals surface area contributed by atoms with Gasteiger partial charge in [-0.25, -0.2) is 0 Å². The van der Waals surface area contributed by atoms with E-state index in [2.05, 4.69) is 10.2 Å². The van der Waals surface area contributed by atoms with Crippen LogP contribution >= 0.6 is 22.9 Å². The van der Waals surface area contributed by atoms with E-state index in [0.29, 0.717) is 21.8 Å². The lowest BCUT2D eigenvalue weighted by atomic mass is 10.1. The van der Waals surface area contributed by atoms with Crippen molar-refractivity contribution in [1.29, 1.82) is 0 Å². The molecule has 1 aromatic carbocycles. The molecule has 6 nitrogen and oxygen atoms in total. The van der Waals surface area contributed by atoms with E-state index in [1.165, 1.54) is 11.3 Å². The highest BCUT2D eigenvalue weighted by Gasteiger charge is 2.16. The number of aryl methyl sites for hydroxylation is 1. The summed E-state index contributed by atoms with van der Waals surface area (Å²) in [5, 5.41) is 5.05. The Morgan fingerprint density at radius 1 is 1.25 bits per heavy atom. The van der Waals surface area contributed by atoms with Gasteiger partial charge >= 0.3 is 0 Å². The van der Waals surface area contributed by atoms with Gasteiger partial charge in [0.1, 0.15) is 0 Å². The predicted molar refractivity (Wildman–Crippen MR) is 114 cm³/mol. The number of nitrogens with zero attached hydrogens (tertiary/aromatic N) is 2. The lowest BCUT2D eigenvalue weighted by Gasteiger charge is -2.26. The van der Waals surface area contributed by atoms with E-state index in [9.17, 15) is 9.59 Å². The molecule has 1 aliphatic rings. The van der Waals surface area contributed by atoms with E-state index in [4.69, 9.17) is 16.3 Å². The van der Waals surface area contributed by atoms with Crippen LogP contribution in [-0.2, 0) is 11.8 Å². The Morgan fingerprint density at radius 3 is 2.82 bits per heavy atom. The Kier molecular flexibility index (Phi) is 5.68. The van der Waals surface area contributed by atoms with Crippen molar-refractivity contribution < 1.29 is 9.53 Å². The van der Waals surface area contributed by atoms with Crippen LogP contribution in [0, 0.1) is 0 Å². The summed E-state index contributed by atoms with van der Waals surface area (Å²) in [6.45, 7) is 5.01. The fraction of sp³-hybridized carbons (Fsp3) is 0.400. The quantitative estimate of drug-likeness (QED) is 0.646. The Labute approximate surface area is 171 Å². The summed E-state index contributed by atoms with van der Waals surface area (Å²) in [5.74, 6) is -0.132. The second kappa shape index (κ2) is 8.21. The number of ether oxygens (including phenoxy) is 1. The molecule has 0 spiro atoms. The third-order valence-electron chi connectivity index (χ3n) is 5.10. The van der Waals surface area contributed by atoms with Crippen LogP contribution in [0.3, 0.4) is 0 Å². The second-order valence-electron chi connectivity index (χ2n) is 6.94. The number of thiophene rings is 1. The number of rotatable bonds is 5. The molecule has 2 aromatic heterocycles. The van der Waals surface area contributed by atoms with E-state index in [-0.39, 0.29) is 11.5 Å². The van der Waals surface area contributed by atoms with Crippen LogP contribution in [0.25, 0.3) is 21.0 Å². The number of nitrogens with one attached hydrogen (secondary N) is 1. The first kappa shape index (κ1) is 19.4. The van der Waals surface area contributed by atoms with Crippen LogP contribution < -0.4 is 10.9 Å². The molecule has 0 unspecified atom stereocenters. The van der Waals surface area contributed by atoms with Gasteiger partial charge in [-0.3, -0.25) is 14.5 Å². The molecule has 3 heterocycles. The second-order valence-corrected chi connectivity index (χ2v) is 8.43. The van der Waals surface area contributed by atoms with E-state index in [1.54, 1.807) is 29.8 Å². The van der Waals surface area contributed by atoms with Crippen molar-refractivity contribution in [3.05, 3.63) is 44.5 Å². The maximum absolute atomic E-state index is 12.7. The van der Waals surface area contributed by atoms with E-state index in [1.807, 2.05) is 6.07 Å². The molecule has 1 fully saturated rings. The third kappa shape index (κ3) is 3.80. The van der Waals surface area contributed by atoms with Gasteiger partial charge in [-0.05, 0) is 37.2 Å². The molecule has 1 N–H and O–H groups in total. The molecule has 0 radical (unpaired) electrons. The SMILES string of the molecule is Cn1c(=O)c2cc(C(=O)NCCCN3CCOCC3)sc2c2ccc(Cl)cc21. The smallest absolute Gasteiger partial charge is 0.261 e. The minimum Gasteiger partial charge on any atom is -0.379 e. The molecule has 1 aliphatic heterocycles. The van der Waals surface area contributed by atoms with Crippen molar-refractivity contribution in [2.45, 2.75) is 6.42 Å². The maximum atomic E-state index is 12.7. The zero-order chi connectivity index (χ0) is 19.7. The van der Waals surface area contributed by atoms with Crippen LogP contribution in [0.1, 0.15) is 16.1 Å². The van der Waals surface area contributed by atoms with Crippen LogP contribution in [0.5, 0.6) is 0 Å². The number of carbonyl (C=O) groups is 1. The minimum absolute atomic E-state index is 0.118. The van der Waals surface area contributed by atoms with Crippen molar-refractivity contribution in [2.24, 2.45) is 7.05 Å². The molecule has 0 aliphatic carbocycles. The number of pyridine rings is 1. The monoisotopic (exact) mass is 419 g/mol. The topological polar surface area (TPSA) is 63.6 Å². The number of hydrogen-bond acceptors (Lipinski definition) is 5. The summed E-state index contributed by atoms with van der Waals surface area (Å²) < 4.78 is 7.75. The average molecular weight is 420 g/mol. The molecule has 1 saturated heterocycles. The van der Waals surface area contributed by atoms with Gasteiger partial charge in [0.05, 0.1) is 29.0 Å². The van der Waals surface area contributed by atoms with Crippen molar-refractivity contribution in [3.8, 4) is 0 Å². The number of aromatic nitrogens is 1. The first-order valence-corrected chi connectivity index (χ1v) is 10.5. The van der Waals surface area contributed by atoms with E-state index < -0.39 is 0 Å². The average Bonchev–Trinajstić information content (AvgIpc) is 3.16. The summed E-state index contributed by atoms with van der Waals surface area (Å²) in [6, 6.07) is 7.19. The highest BCUT2D eigenvalue weighted by Crippen LogP contribution is 2.31. The number of fused-ring (bicyclic) bond motifs is 3. The fourth-order valence-electron chi connectivity index (χ4n) is 3.54. The fourth-order valence-corrected chi connectivity index (χ4v) is 4.81. The van der Waals surface area contributed by atoms with Crippen LogP contribution in [-0.4, -0.2) is 54.8 Å². The molecule has 148 valence electrons. The lowest BCUT2D eigenvalue weighted by molar-refractivity contribution is 0.0374. The largest absolute Gasteiger partial charge is 0.379 e. The molecule has 0 bridgehead atoms. The lowest BCUT2D eigenvalue weighted by Crippen LogP contribution is -2.38. The Balaban J connectivity index is 1.51. The third-order valence-corrected chi connectivity index (χ3v) is 6.50. The number of halogens is 1. The first-order chi connectivity index (χ1) is 13.5. The number of amides is 1. The molecular formula is C20H22ClN3O3S. The molecule has 1 amide bonds. The summed E-state index contributed by atoms with van der Waals surface area (Å²) in [4.78, 5) is 28.2. The van der Waals surface area contributed by atoms with E-state index >= 15 is 0 Å². The molecule has 0 saturated carbocycles. The van der Waals surface area contributed by atoms with Gasteiger partial charge in [0.25, 0.3) is 11.5 Å². The van der Waals surface area contributed by atoms with Crippen molar-refractivity contribution >= 4 is 49.8 Å². The maximum Gasteiger partial charge on any atom is 0.261 e. The van der Waals surface area contributed by atoms with Gasteiger partial charge < -0.3 is 14.6 Å². The molecule has 3 aromatic rings. The highest BCUT2D eigenvalue weighted by atomic mass is 35.5. The van der Waals surface area contributed by atoms with Crippen molar-refractivity contribution in [2.75, 3.05) is 39.4 Å². The van der Waals surface area contributed by atoms with Crippen LogP contribution in [0.4, 0.5) is 0 Å². The standard InChI is InChI=1S/C20H22ClN3O3S/c1-23-16-11-13(21)3-4-14(16)18-15(20(23)26)12-17(28-18)19(25)22-5-2-6-24-7-9-27-10-8-24/h3-4,11-12H,2,5-10H2,1H3,(H,22,25). The summed E-state index contributed by atoms with van der Waals surface area (Å²) in [6.07, 6.45) is 0.889. The molecule has 8 heteroatoms. The van der Waals surface area contributed by atoms with Crippen molar-refractivity contribution in [1.82, 2.24) is 14.8 Å². The molecular weight excluding hydrogens is 398 g/mol. The van der Waals surface area contributed by atoms with Gasteiger partial charge in [0, 0.05) is 41.8 Å². The number of carbonyl (C=O) groups excluding carboxylic acids is 1. The summed E-state index contributed by atoms with van der Waals surface area (Å²) in [7, 11) is 1.73. The minimum atomic E-state index is -0.132. The Morgan fingerprint density at radius 2 is 2.04 bits per heavy atom.